The molecule has 1 amide bonds. The maximum atomic E-state index is 12.3. The Hall–Kier alpha value is -1.26. The molecule has 7 nitrogen and oxygen atoms in total. The molecule has 1 aliphatic rings. The molecular weight excluding hydrogens is 379 g/mol. The fourth-order valence-electron chi connectivity index (χ4n) is 1.88. The van der Waals surface area contributed by atoms with Crippen molar-refractivity contribution in [3.8, 4) is 0 Å². The van der Waals surface area contributed by atoms with Gasteiger partial charge in [0.15, 0.2) is 11.7 Å². The van der Waals surface area contributed by atoms with Crippen molar-refractivity contribution in [2.45, 2.75) is 18.6 Å². The van der Waals surface area contributed by atoms with Crippen LogP contribution in [0.2, 0.25) is 0 Å². The summed E-state index contributed by atoms with van der Waals surface area (Å²) in [6.07, 6.45) is -1.45. The number of carbonyl (C=O) groups is 2. The third-order valence-corrected chi connectivity index (χ3v) is 3.61. The molecule has 2 atom stereocenters. The highest BCUT2D eigenvalue weighted by atomic mass is 127. The number of anilines is 1. The van der Waals surface area contributed by atoms with Gasteiger partial charge in [-0.1, -0.05) is 6.07 Å². The molecule has 1 aromatic heterocycles. The Kier molecular flexibility index (Phi) is 4.25. The van der Waals surface area contributed by atoms with Crippen molar-refractivity contribution in [3.63, 3.8) is 0 Å². The average molecular weight is 392 g/mol. The highest BCUT2D eigenvalue weighted by molar-refractivity contribution is 14.1. The summed E-state index contributed by atoms with van der Waals surface area (Å²) in [6.45, 7) is 1.44. The van der Waals surface area contributed by atoms with Gasteiger partial charge in [-0.05, 0) is 41.6 Å². The molecule has 0 radical (unpaired) electrons. The van der Waals surface area contributed by atoms with Crippen LogP contribution in [0.25, 0.3) is 0 Å². The van der Waals surface area contributed by atoms with Gasteiger partial charge >= 0.3 is 5.97 Å². The van der Waals surface area contributed by atoms with E-state index in [-0.39, 0.29) is 13.2 Å². The SMILES string of the molecule is CC(O)(C(=O)O)C1OCCN(c2cccc(I)n2)C1=O. The van der Waals surface area contributed by atoms with Crippen molar-refractivity contribution in [3.05, 3.63) is 21.9 Å². The number of aliphatic carboxylic acids is 1. The smallest absolute Gasteiger partial charge is 0.338 e. The first-order chi connectivity index (χ1) is 9.34. The minimum Gasteiger partial charge on any atom is -0.479 e. The number of aliphatic hydroxyl groups is 1. The molecule has 108 valence electrons. The number of amides is 1. The summed E-state index contributed by atoms with van der Waals surface area (Å²) in [5.74, 6) is -1.71. The molecule has 1 aromatic rings. The number of carboxylic acids is 1. The molecule has 8 heteroatoms. The van der Waals surface area contributed by atoms with E-state index in [0.717, 1.165) is 6.92 Å². The van der Waals surface area contributed by atoms with E-state index in [1.165, 1.54) is 4.90 Å². The monoisotopic (exact) mass is 392 g/mol. The zero-order valence-corrected chi connectivity index (χ0v) is 12.8. The van der Waals surface area contributed by atoms with Gasteiger partial charge in [0.1, 0.15) is 9.52 Å². The van der Waals surface area contributed by atoms with Gasteiger partial charge in [0.25, 0.3) is 5.91 Å². The molecule has 2 heterocycles. The lowest BCUT2D eigenvalue weighted by molar-refractivity contribution is -0.180. The molecule has 0 saturated carbocycles. The van der Waals surface area contributed by atoms with Crippen LogP contribution in [0.4, 0.5) is 5.82 Å². The molecule has 2 N–H and O–H groups in total. The van der Waals surface area contributed by atoms with E-state index in [9.17, 15) is 14.7 Å². The average Bonchev–Trinajstić information content (AvgIpc) is 2.38. The Morgan fingerprint density at radius 2 is 2.30 bits per heavy atom. The number of carbonyl (C=O) groups excluding carboxylic acids is 1. The predicted octanol–water partition coefficient (Wildman–Crippen LogP) is 0.254. The standard InChI is InChI=1S/C12H13IN2O5/c1-12(19,11(17)18)9-10(16)15(5-6-20-9)8-4-2-3-7(13)14-8/h2-4,9,19H,5-6H2,1H3,(H,17,18). The number of pyridine rings is 1. The fourth-order valence-corrected chi connectivity index (χ4v) is 2.33. The fraction of sp³-hybridized carbons (Fsp3) is 0.417. The number of aromatic nitrogens is 1. The number of ether oxygens (including phenoxy) is 1. The van der Waals surface area contributed by atoms with Gasteiger partial charge in [0, 0.05) is 0 Å². The van der Waals surface area contributed by atoms with Crippen molar-refractivity contribution in [1.29, 1.82) is 0 Å². The van der Waals surface area contributed by atoms with E-state index < -0.39 is 23.6 Å². The van der Waals surface area contributed by atoms with Crippen molar-refractivity contribution in [1.82, 2.24) is 4.98 Å². The maximum absolute atomic E-state index is 12.3. The van der Waals surface area contributed by atoms with Crippen LogP contribution in [0.3, 0.4) is 0 Å². The number of morpholine rings is 1. The highest BCUT2D eigenvalue weighted by Gasteiger charge is 2.48. The lowest BCUT2D eigenvalue weighted by Gasteiger charge is -2.36. The van der Waals surface area contributed by atoms with E-state index in [1.807, 2.05) is 22.6 Å². The number of rotatable bonds is 3. The molecule has 0 spiro atoms. The zero-order valence-electron chi connectivity index (χ0n) is 10.6. The van der Waals surface area contributed by atoms with Gasteiger partial charge in [-0.3, -0.25) is 9.69 Å². The molecule has 0 aliphatic carbocycles. The maximum Gasteiger partial charge on any atom is 0.338 e. The second-order valence-corrected chi connectivity index (χ2v) is 5.62. The van der Waals surface area contributed by atoms with Gasteiger partial charge in [-0.25, -0.2) is 9.78 Å². The Bertz CT molecular complexity index is 548. The number of halogens is 1. The first-order valence-electron chi connectivity index (χ1n) is 5.85. The summed E-state index contributed by atoms with van der Waals surface area (Å²) in [7, 11) is 0. The molecule has 0 bridgehead atoms. The number of hydrogen-bond donors (Lipinski definition) is 2. The normalized spacial score (nSPS) is 22.4. The first kappa shape index (κ1) is 15.1. The Labute approximate surface area is 128 Å². The first-order valence-corrected chi connectivity index (χ1v) is 6.93. The molecule has 1 saturated heterocycles. The lowest BCUT2D eigenvalue weighted by atomic mass is 9.97. The van der Waals surface area contributed by atoms with Gasteiger partial charge in [-0.2, -0.15) is 0 Å². The molecule has 20 heavy (non-hydrogen) atoms. The summed E-state index contributed by atoms with van der Waals surface area (Å²) in [4.78, 5) is 28.9. The molecule has 2 rings (SSSR count). The summed E-state index contributed by atoms with van der Waals surface area (Å²) < 4.78 is 5.86. The third kappa shape index (κ3) is 2.76. The second-order valence-electron chi connectivity index (χ2n) is 4.51. The van der Waals surface area contributed by atoms with E-state index in [2.05, 4.69) is 4.98 Å². The minimum atomic E-state index is -2.28. The Morgan fingerprint density at radius 1 is 1.60 bits per heavy atom. The lowest BCUT2D eigenvalue weighted by Crippen LogP contribution is -2.60. The molecule has 0 aromatic carbocycles. The van der Waals surface area contributed by atoms with Crippen LogP contribution >= 0.6 is 22.6 Å². The second kappa shape index (κ2) is 5.62. The Morgan fingerprint density at radius 3 is 2.90 bits per heavy atom. The summed E-state index contributed by atoms with van der Waals surface area (Å²) in [5.41, 5.74) is -2.28. The Balaban J connectivity index is 2.30. The molecule has 1 fully saturated rings. The van der Waals surface area contributed by atoms with Gasteiger partial charge in [0.2, 0.25) is 0 Å². The van der Waals surface area contributed by atoms with Crippen LogP contribution in [-0.2, 0) is 14.3 Å². The highest BCUT2D eigenvalue weighted by Crippen LogP contribution is 2.23. The van der Waals surface area contributed by atoms with Crippen LogP contribution < -0.4 is 4.90 Å². The van der Waals surface area contributed by atoms with Crippen LogP contribution in [0.1, 0.15) is 6.92 Å². The van der Waals surface area contributed by atoms with Crippen molar-refractivity contribution in [2.75, 3.05) is 18.1 Å². The molecule has 2 unspecified atom stereocenters. The van der Waals surface area contributed by atoms with Crippen LogP contribution in [0.15, 0.2) is 18.2 Å². The third-order valence-electron chi connectivity index (χ3n) is 3.01. The predicted molar refractivity (Wildman–Crippen MR) is 77.3 cm³/mol. The van der Waals surface area contributed by atoms with Crippen molar-refractivity contribution >= 4 is 40.3 Å². The number of hydrogen-bond acceptors (Lipinski definition) is 5. The number of nitrogens with zero attached hydrogens (tertiary/aromatic N) is 2. The van der Waals surface area contributed by atoms with E-state index in [1.54, 1.807) is 18.2 Å². The largest absolute Gasteiger partial charge is 0.479 e. The van der Waals surface area contributed by atoms with E-state index in [0.29, 0.717) is 9.52 Å². The topological polar surface area (TPSA) is 100.0 Å². The van der Waals surface area contributed by atoms with E-state index in [4.69, 9.17) is 9.84 Å². The van der Waals surface area contributed by atoms with Gasteiger partial charge in [0.05, 0.1) is 13.2 Å². The van der Waals surface area contributed by atoms with Gasteiger partial charge in [-0.15, -0.1) is 0 Å². The van der Waals surface area contributed by atoms with E-state index >= 15 is 0 Å². The summed E-state index contributed by atoms with van der Waals surface area (Å²) in [6, 6.07) is 5.18. The quantitative estimate of drug-likeness (QED) is 0.566. The van der Waals surface area contributed by atoms with Crippen molar-refractivity contribution < 1.29 is 24.5 Å². The number of carboxylic acid groups (broad SMARTS) is 1. The van der Waals surface area contributed by atoms with Crippen LogP contribution in [-0.4, -0.2) is 51.9 Å². The summed E-state index contributed by atoms with van der Waals surface area (Å²) >= 11 is 2.02. The van der Waals surface area contributed by atoms with Crippen molar-refractivity contribution in [2.24, 2.45) is 0 Å². The van der Waals surface area contributed by atoms with Crippen LogP contribution in [0, 0.1) is 3.70 Å². The minimum absolute atomic E-state index is 0.132. The zero-order chi connectivity index (χ0) is 14.9. The summed E-state index contributed by atoms with van der Waals surface area (Å²) in [5, 5.41) is 18.9. The molecular formula is C12H13IN2O5. The van der Waals surface area contributed by atoms with Crippen LogP contribution in [0.5, 0.6) is 0 Å². The molecule has 1 aliphatic heterocycles. The van der Waals surface area contributed by atoms with Gasteiger partial charge < -0.3 is 14.9 Å².